The van der Waals surface area contributed by atoms with Crippen LogP contribution in [0.2, 0.25) is 0 Å². The molecule has 0 radical (unpaired) electrons. The molecule has 1 aromatic rings. The SMILES string of the molecule is CNC(=O)OCc1cccc(C(=N)N)c1. The van der Waals surface area contributed by atoms with Crippen LogP contribution in [0.25, 0.3) is 0 Å². The first-order valence-electron chi connectivity index (χ1n) is 4.41. The molecular formula is C10H13N3O2. The molecule has 4 N–H and O–H groups in total. The molecule has 0 heterocycles. The van der Waals surface area contributed by atoms with Gasteiger partial charge in [0.15, 0.2) is 0 Å². The first kappa shape index (κ1) is 11.0. The van der Waals surface area contributed by atoms with E-state index >= 15 is 0 Å². The van der Waals surface area contributed by atoms with Crippen molar-refractivity contribution in [1.29, 1.82) is 5.41 Å². The highest BCUT2D eigenvalue weighted by Crippen LogP contribution is 2.06. The predicted molar refractivity (Wildman–Crippen MR) is 56.7 cm³/mol. The van der Waals surface area contributed by atoms with Crippen LogP contribution in [-0.4, -0.2) is 19.0 Å². The summed E-state index contributed by atoms with van der Waals surface area (Å²) in [5, 5.41) is 9.59. The van der Waals surface area contributed by atoms with Crippen LogP contribution in [0.1, 0.15) is 11.1 Å². The molecule has 0 fully saturated rings. The van der Waals surface area contributed by atoms with Crippen LogP contribution in [0.4, 0.5) is 4.79 Å². The van der Waals surface area contributed by atoms with Crippen molar-refractivity contribution in [2.24, 2.45) is 5.73 Å². The van der Waals surface area contributed by atoms with E-state index in [0.717, 1.165) is 5.56 Å². The lowest BCUT2D eigenvalue weighted by Gasteiger charge is -2.05. The molecule has 0 saturated carbocycles. The van der Waals surface area contributed by atoms with Gasteiger partial charge in [-0.1, -0.05) is 18.2 Å². The monoisotopic (exact) mass is 207 g/mol. The van der Waals surface area contributed by atoms with Gasteiger partial charge in [-0.05, 0) is 11.6 Å². The van der Waals surface area contributed by atoms with Gasteiger partial charge >= 0.3 is 6.09 Å². The van der Waals surface area contributed by atoms with Crippen LogP contribution in [0.3, 0.4) is 0 Å². The largest absolute Gasteiger partial charge is 0.445 e. The van der Waals surface area contributed by atoms with Crippen molar-refractivity contribution < 1.29 is 9.53 Å². The van der Waals surface area contributed by atoms with Gasteiger partial charge in [-0.3, -0.25) is 5.41 Å². The third-order valence-electron chi connectivity index (χ3n) is 1.81. The fourth-order valence-electron chi connectivity index (χ4n) is 1.05. The molecule has 15 heavy (non-hydrogen) atoms. The molecule has 0 bridgehead atoms. The lowest BCUT2D eigenvalue weighted by atomic mass is 10.1. The van der Waals surface area contributed by atoms with Crippen molar-refractivity contribution >= 4 is 11.9 Å². The molecule has 5 nitrogen and oxygen atoms in total. The molecule has 1 amide bonds. The van der Waals surface area contributed by atoms with Gasteiger partial charge in [-0.15, -0.1) is 0 Å². The number of alkyl carbamates (subject to hydrolysis) is 1. The molecule has 0 saturated heterocycles. The zero-order valence-corrected chi connectivity index (χ0v) is 8.41. The maximum atomic E-state index is 10.8. The van der Waals surface area contributed by atoms with Crippen LogP contribution in [0.15, 0.2) is 24.3 Å². The van der Waals surface area contributed by atoms with Gasteiger partial charge in [0, 0.05) is 12.6 Å². The van der Waals surface area contributed by atoms with Gasteiger partial charge < -0.3 is 15.8 Å². The van der Waals surface area contributed by atoms with Gasteiger partial charge in [0.05, 0.1) is 0 Å². The summed E-state index contributed by atoms with van der Waals surface area (Å²) in [7, 11) is 1.49. The number of nitrogens with two attached hydrogens (primary N) is 1. The number of carbonyl (C=O) groups is 1. The minimum Gasteiger partial charge on any atom is -0.445 e. The van der Waals surface area contributed by atoms with Crippen LogP contribution in [0, 0.1) is 5.41 Å². The average Bonchev–Trinajstić information content (AvgIpc) is 2.26. The van der Waals surface area contributed by atoms with Crippen molar-refractivity contribution in [1.82, 2.24) is 5.32 Å². The van der Waals surface area contributed by atoms with E-state index in [9.17, 15) is 4.79 Å². The van der Waals surface area contributed by atoms with Gasteiger partial charge in [-0.2, -0.15) is 0 Å². The molecule has 1 rings (SSSR count). The van der Waals surface area contributed by atoms with Crippen molar-refractivity contribution in [2.75, 3.05) is 7.05 Å². The number of hydrogen-bond donors (Lipinski definition) is 3. The highest BCUT2D eigenvalue weighted by Gasteiger charge is 2.01. The summed E-state index contributed by atoms with van der Waals surface area (Å²) >= 11 is 0. The number of nitrogen functional groups attached to an aromatic ring is 1. The van der Waals surface area contributed by atoms with Crippen molar-refractivity contribution in [3.8, 4) is 0 Å². The summed E-state index contributed by atoms with van der Waals surface area (Å²) in [6, 6.07) is 7.01. The van der Waals surface area contributed by atoms with Crippen LogP contribution in [0.5, 0.6) is 0 Å². The number of ether oxygens (including phenoxy) is 1. The van der Waals surface area contributed by atoms with E-state index in [4.69, 9.17) is 15.9 Å². The van der Waals surface area contributed by atoms with E-state index < -0.39 is 6.09 Å². The molecule has 80 valence electrons. The summed E-state index contributed by atoms with van der Waals surface area (Å²) < 4.78 is 4.85. The Balaban J connectivity index is 2.66. The van der Waals surface area contributed by atoms with Gasteiger partial charge in [0.2, 0.25) is 0 Å². The topological polar surface area (TPSA) is 88.2 Å². The summed E-state index contributed by atoms with van der Waals surface area (Å²) in [6.07, 6.45) is -0.483. The van der Waals surface area contributed by atoms with Crippen molar-refractivity contribution in [3.63, 3.8) is 0 Å². The number of rotatable bonds is 3. The lowest BCUT2D eigenvalue weighted by Crippen LogP contribution is -2.19. The quantitative estimate of drug-likeness (QED) is 0.506. The zero-order chi connectivity index (χ0) is 11.3. The second kappa shape index (κ2) is 4.99. The zero-order valence-electron chi connectivity index (χ0n) is 8.41. The fourth-order valence-corrected chi connectivity index (χ4v) is 1.05. The second-order valence-corrected chi connectivity index (χ2v) is 2.94. The maximum Gasteiger partial charge on any atom is 0.407 e. The molecule has 0 aromatic heterocycles. The highest BCUT2D eigenvalue weighted by atomic mass is 16.5. The molecule has 0 spiro atoms. The predicted octanol–water partition coefficient (Wildman–Crippen LogP) is 0.827. The molecule has 0 aliphatic heterocycles. The van der Waals surface area contributed by atoms with E-state index in [1.807, 2.05) is 0 Å². The molecule has 0 aliphatic carbocycles. The first-order chi connectivity index (χ1) is 7.13. The van der Waals surface area contributed by atoms with Crippen LogP contribution in [-0.2, 0) is 11.3 Å². The molecule has 1 aromatic carbocycles. The number of benzene rings is 1. The van der Waals surface area contributed by atoms with Crippen molar-refractivity contribution in [3.05, 3.63) is 35.4 Å². The first-order valence-corrected chi connectivity index (χ1v) is 4.41. The minimum atomic E-state index is -0.483. The Morgan fingerprint density at radius 3 is 2.93 bits per heavy atom. The number of hydrogen-bond acceptors (Lipinski definition) is 3. The molecule has 0 atom stereocenters. The van der Waals surface area contributed by atoms with Crippen LogP contribution < -0.4 is 11.1 Å². The lowest BCUT2D eigenvalue weighted by molar-refractivity contribution is 0.142. The van der Waals surface area contributed by atoms with E-state index in [1.165, 1.54) is 7.05 Å². The third-order valence-corrected chi connectivity index (χ3v) is 1.81. The maximum absolute atomic E-state index is 10.8. The van der Waals surface area contributed by atoms with Crippen molar-refractivity contribution in [2.45, 2.75) is 6.61 Å². The van der Waals surface area contributed by atoms with E-state index in [-0.39, 0.29) is 12.4 Å². The molecule has 5 heteroatoms. The number of carbonyl (C=O) groups excluding carboxylic acids is 1. The number of amides is 1. The summed E-state index contributed by atoms with van der Waals surface area (Å²) in [6.45, 7) is 0.167. The third kappa shape index (κ3) is 3.30. The van der Waals surface area contributed by atoms with Gasteiger partial charge in [0.25, 0.3) is 0 Å². The second-order valence-electron chi connectivity index (χ2n) is 2.94. The Morgan fingerprint density at radius 1 is 1.60 bits per heavy atom. The van der Waals surface area contributed by atoms with Crippen LogP contribution >= 0.6 is 0 Å². The number of amidine groups is 1. The molecular weight excluding hydrogens is 194 g/mol. The van der Waals surface area contributed by atoms with Gasteiger partial charge in [-0.25, -0.2) is 4.79 Å². The summed E-state index contributed by atoms with van der Waals surface area (Å²) in [5.41, 5.74) is 6.74. The Bertz CT molecular complexity index is 377. The molecule has 0 aliphatic rings. The average molecular weight is 207 g/mol. The highest BCUT2D eigenvalue weighted by molar-refractivity contribution is 5.95. The van der Waals surface area contributed by atoms with Gasteiger partial charge in [0.1, 0.15) is 12.4 Å². The summed E-state index contributed by atoms with van der Waals surface area (Å²) in [4.78, 5) is 10.8. The number of nitrogens with one attached hydrogen (secondary N) is 2. The Hall–Kier alpha value is -2.04. The van der Waals surface area contributed by atoms with E-state index in [0.29, 0.717) is 5.56 Å². The Labute approximate surface area is 87.7 Å². The fraction of sp³-hybridized carbons (Fsp3) is 0.200. The van der Waals surface area contributed by atoms with E-state index in [1.54, 1.807) is 24.3 Å². The van der Waals surface area contributed by atoms with E-state index in [2.05, 4.69) is 5.32 Å². The molecule has 0 unspecified atom stereocenters. The normalized spacial score (nSPS) is 9.40. The Morgan fingerprint density at radius 2 is 2.33 bits per heavy atom. The smallest absolute Gasteiger partial charge is 0.407 e. The summed E-state index contributed by atoms with van der Waals surface area (Å²) in [5.74, 6) is -0.00297. The minimum absolute atomic E-state index is 0.00297. The Kier molecular flexibility index (Phi) is 3.68. The standard InChI is InChI=1S/C10H13N3O2/c1-13-10(14)15-6-7-3-2-4-8(5-7)9(11)12/h2-5H,6H2,1H3,(H3,11,12)(H,13,14).